The van der Waals surface area contributed by atoms with Crippen LogP contribution >= 0.6 is 11.3 Å². The Labute approximate surface area is 148 Å². The molecule has 1 saturated heterocycles. The maximum Gasteiger partial charge on any atom is 0.261 e. The summed E-state index contributed by atoms with van der Waals surface area (Å²) in [4.78, 5) is 19.8. The summed E-state index contributed by atoms with van der Waals surface area (Å²) in [6.45, 7) is 6.72. The molecule has 2 fully saturated rings. The van der Waals surface area contributed by atoms with Crippen LogP contribution in [0.1, 0.15) is 48.7 Å². The number of thiophene rings is 1. The Balaban J connectivity index is 1.42. The molecule has 1 aliphatic carbocycles. The van der Waals surface area contributed by atoms with Gasteiger partial charge in [0.2, 0.25) is 0 Å². The van der Waals surface area contributed by atoms with Crippen molar-refractivity contribution in [3.05, 3.63) is 22.4 Å². The summed E-state index contributed by atoms with van der Waals surface area (Å²) in [5, 5.41) is 8.31. The third-order valence-corrected chi connectivity index (χ3v) is 5.98. The average Bonchev–Trinajstić information content (AvgIpc) is 3.22. The lowest BCUT2D eigenvalue weighted by Crippen LogP contribution is -2.42. The molecule has 0 radical (unpaired) electrons. The molecule has 6 heteroatoms. The third-order valence-electron chi connectivity index (χ3n) is 5.11. The van der Waals surface area contributed by atoms with Gasteiger partial charge < -0.3 is 15.5 Å². The average molecular weight is 349 g/mol. The molecule has 1 saturated carbocycles. The topological polar surface area (TPSA) is 56.7 Å². The molecule has 2 heterocycles. The van der Waals surface area contributed by atoms with E-state index in [1.165, 1.54) is 37.0 Å². The maximum atomic E-state index is 11.9. The Hall–Kier alpha value is -1.56. The van der Waals surface area contributed by atoms with Crippen molar-refractivity contribution < 1.29 is 4.79 Å². The molecule has 5 nitrogen and oxygen atoms in total. The number of amides is 1. The van der Waals surface area contributed by atoms with Gasteiger partial charge in [0.1, 0.15) is 0 Å². The lowest BCUT2D eigenvalue weighted by Gasteiger charge is -2.38. The Morgan fingerprint density at radius 2 is 2.25 bits per heavy atom. The van der Waals surface area contributed by atoms with Crippen molar-refractivity contribution >= 4 is 23.2 Å². The Bertz CT molecular complexity index is 566. The van der Waals surface area contributed by atoms with Crippen molar-refractivity contribution in [2.75, 3.05) is 32.7 Å². The minimum Gasteiger partial charge on any atom is -0.357 e. The normalized spacial score (nSPS) is 19.4. The van der Waals surface area contributed by atoms with Crippen LogP contribution in [0.3, 0.4) is 0 Å². The summed E-state index contributed by atoms with van der Waals surface area (Å²) < 4.78 is 0. The first-order valence-electron chi connectivity index (χ1n) is 9.07. The van der Waals surface area contributed by atoms with E-state index in [0.29, 0.717) is 12.0 Å². The highest BCUT2D eigenvalue weighted by atomic mass is 32.1. The predicted molar refractivity (Wildman–Crippen MR) is 99.7 cm³/mol. The second-order valence-electron chi connectivity index (χ2n) is 6.85. The molecule has 2 aliphatic rings. The SMILES string of the molecule is CCNC(=NCCCNC(=O)c1cccs1)N1CCC2(CCC2)C1. The third kappa shape index (κ3) is 4.09. The van der Waals surface area contributed by atoms with Crippen LogP contribution in [0, 0.1) is 5.41 Å². The minimum absolute atomic E-state index is 0.0207. The molecule has 2 N–H and O–H groups in total. The fourth-order valence-electron chi connectivity index (χ4n) is 3.59. The molecule has 1 aliphatic heterocycles. The van der Waals surface area contributed by atoms with Crippen LogP contribution in [0.5, 0.6) is 0 Å². The van der Waals surface area contributed by atoms with Gasteiger partial charge in [0.05, 0.1) is 4.88 Å². The summed E-state index contributed by atoms with van der Waals surface area (Å²) in [6.07, 6.45) is 6.35. The molecule has 0 atom stereocenters. The van der Waals surface area contributed by atoms with Gasteiger partial charge in [0.25, 0.3) is 5.91 Å². The molecule has 132 valence electrons. The second kappa shape index (κ2) is 8.01. The Morgan fingerprint density at radius 3 is 2.88 bits per heavy atom. The number of nitrogens with zero attached hydrogens (tertiary/aromatic N) is 2. The van der Waals surface area contributed by atoms with Crippen LogP contribution in [-0.2, 0) is 0 Å². The Morgan fingerprint density at radius 1 is 1.38 bits per heavy atom. The number of hydrogen-bond acceptors (Lipinski definition) is 3. The van der Waals surface area contributed by atoms with Gasteiger partial charge >= 0.3 is 0 Å². The molecular formula is C18H28N4OS. The zero-order chi connectivity index (χ0) is 16.8. The first kappa shape index (κ1) is 17.3. The van der Waals surface area contributed by atoms with E-state index in [1.807, 2.05) is 17.5 Å². The smallest absolute Gasteiger partial charge is 0.261 e. The molecule has 1 aromatic heterocycles. The number of hydrogen-bond donors (Lipinski definition) is 2. The van der Waals surface area contributed by atoms with Gasteiger partial charge in [-0.25, -0.2) is 0 Å². The van der Waals surface area contributed by atoms with E-state index in [9.17, 15) is 4.79 Å². The van der Waals surface area contributed by atoms with Crippen molar-refractivity contribution in [2.24, 2.45) is 10.4 Å². The van der Waals surface area contributed by atoms with Gasteiger partial charge in [0, 0.05) is 32.7 Å². The van der Waals surface area contributed by atoms with Gasteiger partial charge in [-0.3, -0.25) is 9.79 Å². The molecule has 0 bridgehead atoms. The summed E-state index contributed by atoms with van der Waals surface area (Å²) >= 11 is 1.47. The molecule has 1 aromatic rings. The zero-order valence-electron chi connectivity index (χ0n) is 14.5. The summed E-state index contributed by atoms with van der Waals surface area (Å²) in [5.41, 5.74) is 0.588. The number of aliphatic imine (C=N–C) groups is 1. The van der Waals surface area contributed by atoms with Crippen molar-refractivity contribution in [3.8, 4) is 0 Å². The number of likely N-dealkylation sites (tertiary alicyclic amines) is 1. The van der Waals surface area contributed by atoms with E-state index in [1.54, 1.807) is 0 Å². The van der Waals surface area contributed by atoms with Gasteiger partial charge in [0.15, 0.2) is 5.96 Å². The first-order valence-corrected chi connectivity index (χ1v) is 9.95. The highest BCUT2D eigenvalue weighted by Gasteiger charge is 2.43. The first-order chi connectivity index (χ1) is 11.7. The van der Waals surface area contributed by atoms with Gasteiger partial charge in [-0.05, 0) is 49.5 Å². The highest BCUT2D eigenvalue weighted by molar-refractivity contribution is 7.12. The van der Waals surface area contributed by atoms with Crippen LogP contribution in [0.2, 0.25) is 0 Å². The van der Waals surface area contributed by atoms with Crippen molar-refractivity contribution in [3.63, 3.8) is 0 Å². The number of rotatable bonds is 6. The van der Waals surface area contributed by atoms with E-state index < -0.39 is 0 Å². The van der Waals surface area contributed by atoms with Crippen LogP contribution in [0.15, 0.2) is 22.5 Å². The van der Waals surface area contributed by atoms with Gasteiger partial charge in [-0.2, -0.15) is 0 Å². The number of carbonyl (C=O) groups excluding carboxylic acids is 1. The molecule has 1 amide bonds. The number of carbonyl (C=O) groups is 1. The van der Waals surface area contributed by atoms with Crippen LogP contribution < -0.4 is 10.6 Å². The monoisotopic (exact) mass is 348 g/mol. The fraction of sp³-hybridized carbons (Fsp3) is 0.667. The van der Waals surface area contributed by atoms with Crippen molar-refractivity contribution in [2.45, 2.75) is 39.0 Å². The highest BCUT2D eigenvalue weighted by Crippen LogP contribution is 2.47. The predicted octanol–water partition coefficient (Wildman–Crippen LogP) is 2.71. The van der Waals surface area contributed by atoms with Gasteiger partial charge in [-0.1, -0.05) is 12.5 Å². The zero-order valence-corrected chi connectivity index (χ0v) is 15.3. The van der Waals surface area contributed by atoms with E-state index in [2.05, 4.69) is 22.5 Å². The lowest BCUT2D eigenvalue weighted by molar-refractivity contribution is 0.0957. The van der Waals surface area contributed by atoms with Crippen LogP contribution in [-0.4, -0.2) is 49.5 Å². The molecule has 0 aromatic carbocycles. The van der Waals surface area contributed by atoms with Crippen LogP contribution in [0.4, 0.5) is 0 Å². The van der Waals surface area contributed by atoms with E-state index in [4.69, 9.17) is 4.99 Å². The van der Waals surface area contributed by atoms with Crippen molar-refractivity contribution in [1.82, 2.24) is 15.5 Å². The van der Waals surface area contributed by atoms with Gasteiger partial charge in [-0.15, -0.1) is 11.3 Å². The maximum absolute atomic E-state index is 11.9. The fourth-order valence-corrected chi connectivity index (χ4v) is 4.23. The van der Waals surface area contributed by atoms with Crippen molar-refractivity contribution in [1.29, 1.82) is 0 Å². The molecule has 1 spiro atoms. The summed E-state index contributed by atoms with van der Waals surface area (Å²) in [5.74, 6) is 1.07. The molecule has 24 heavy (non-hydrogen) atoms. The summed E-state index contributed by atoms with van der Waals surface area (Å²) in [6, 6.07) is 3.75. The number of guanidine groups is 1. The molecule has 3 rings (SSSR count). The second-order valence-corrected chi connectivity index (χ2v) is 7.80. The number of nitrogens with one attached hydrogen (secondary N) is 2. The molecular weight excluding hydrogens is 320 g/mol. The quantitative estimate of drug-likeness (QED) is 0.472. The van der Waals surface area contributed by atoms with E-state index in [-0.39, 0.29) is 5.91 Å². The Kier molecular flexibility index (Phi) is 5.76. The largest absolute Gasteiger partial charge is 0.357 e. The molecule has 0 unspecified atom stereocenters. The summed E-state index contributed by atoms with van der Waals surface area (Å²) in [7, 11) is 0. The standard InChI is InChI=1S/C18H28N4OS/c1-2-19-17(22-12-9-18(14-22)7-4-8-18)21-11-5-10-20-16(23)15-6-3-13-24-15/h3,6,13H,2,4-5,7-12,14H2,1H3,(H,19,21)(H,20,23). The van der Waals surface area contributed by atoms with E-state index >= 15 is 0 Å². The minimum atomic E-state index is 0.0207. The van der Waals surface area contributed by atoms with E-state index in [0.717, 1.165) is 43.4 Å². The van der Waals surface area contributed by atoms with Crippen LogP contribution in [0.25, 0.3) is 0 Å². The lowest BCUT2D eigenvalue weighted by atomic mass is 9.68.